The van der Waals surface area contributed by atoms with Gasteiger partial charge in [-0.15, -0.1) is 0 Å². The van der Waals surface area contributed by atoms with Gasteiger partial charge in [0.05, 0.1) is 17.5 Å². The number of Topliss-reactive ketones (excluding diaryl/α,β-unsaturated/α-hetero) is 1. The van der Waals surface area contributed by atoms with Crippen LogP contribution in [0.3, 0.4) is 0 Å². The number of benzene rings is 1. The van der Waals surface area contributed by atoms with Crippen molar-refractivity contribution in [1.29, 1.82) is 0 Å². The fraction of sp³-hybridized carbons (Fsp3) is 0.346. The quantitative estimate of drug-likeness (QED) is 0.405. The Balaban J connectivity index is 1.54. The van der Waals surface area contributed by atoms with Gasteiger partial charge in [0.25, 0.3) is 5.91 Å². The van der Waals surface area contributed by atoms with Crippen LogP contribution in [0, 0.1) is 18.7 Å². The maximum absolute atomic E-state index is 14.6. The number of amides is 1. The second-order valence-corrected chi connectivity index (χ2v) is 9.76. The van der Waals surface area contributed by atoms with Crippen LogP contribution in [0.1, 0.15) is 65.2 Å². The number of carbonyl (C=O) groups is 2. The fourth-order valence-corrected chi connectivity index (χ4v) is 5.21. The highest BCUT2D eigenvalue weighted by molar-refractivity contribution is 7.10. The molecule has 188 valence electrons. The molecule has 1 aliphatic rings. The molecule has 10 heteroatoms. The summed E-state index contributed by atoms with van der Waals surface area (Å²) in [7, 11) is 0. The molecule has 1 aliphatic heterocycles. The molecule has 8 nitrogen and oxygen atoms in total. The van der Waals surface area contributed by atoms with Crippen molar-refractivity contribution >= 4 is 45.9 Å². The van der Waals surface area contributed by atoms with Crippen molar-refractivity contribution in [1.82, 2.24) is 14.3 Å². The zero-order valence-corrected chi connectivity index (χ0v) is 21.3. The van der Waals surface area contributed by atoms with E-state index in [-0.39, 0.29) is 41.2 Å². The van der Waals surface area contributed by atoms with E-state index in [9.17, 15) is 14.0 Å². The third-order valence-corrected chi connectivity index (χ3v) is 7.20. The highest BCUT2D eigenvalue weighted by Crippen LogP contribution is 2.32. The number of halogens is 1. The number of hydrogen-bond acceptors (Lipinski definition) is 8. The maximum Gasteiger partial charge on any atom is 0.271 e. The van der Waals surface area contributed by atoms with E-state index < -0.39 is 11.7 Å². The molecular formula is C26H29FN6O2S. The summed E-state index contributed by atoms with van der Waals surface area (Å²) in [6, 6.07) is 6.51. The van der Waals surface area contributed by atoms with Crippen molar-refractivity contribution in [3.05, 3.63) is 64.9 Å². The van der Waals surface area contributed by atoms with E-state index in [1.54, 1.807) is 18.2 Å². The Hall–Kier alpha value is -3.66. The lowest BCUT2D eigenvalue weighted by molar-refractivity contribution is 0.0941. The van der Waals surface area contributed by atoms with Crippen LogP contribution in [-0.2, 0) is 0 Å². The monoisotopic (exact) mass is 508 g/mol. The summed E-state index contributed by atoms with van der Waals surface area (Å²) in [6.45, 7) is 6.49. The maximum atomic E-state index is 14.6. The summed E-state index contributed by atoms with van der Waals surface area (Å²) in [5.41, 5.74) is 7.24. The molecule has 3 aromatic rings. The van der Waals surface area contributed by atoms with Crippen molar-refractivity contribution in [2.45, 2.75) is 46.1 Å². The number of piperidine rings is 1. The molecule has 3 N–H and O–H groups in total. The normalized spacial score (nSPS) is 17.9. The molecule has 0 aliphatic carbocycles. The third-order valence-electron chi connectivity index (χ3n) is 6.41. The Bertz CT molecular complexity index is 1310. The van der Waals surface area contributed by atoms with Gasteiger partial charge in [0, 0.05) is 19.0 Å². The first kappa shape index (κ1) is 25.4. The van der Waals surface area contributed by atoms with Crippen molar-refractivity contribution < 1.29 is 14.0 Å². The standard InChI is InChI=1S/C26H29FN6O2S/c1-4-6-17-8-9-19(20(27)12-17)21(34)13-18-7-5-10-33(16(18)3)22-14-29-24(25(28)35)26(30-22)31-23-11-15(2)32-36-23/h4,6,8-9,11-12,14,16,18H,5,7,10,13H2,1-3H3,(H2,28,35)(H,30,31)/b6-4+/t16-,18+/m1/s1. The summed E-state index contributed by atoms with van der Waals surface area (Å²) in [5, 5.41) is 3.83. The molecular weight excluding hydrogens is 479 g/mol. The largest absolute Gasteiger partial charge is 0.364 e. The molecule has 0 radical (unpaired) electrons. The Morgan fingerprint density at radius 3 is 2.81 bits per heavy atom. The van der Waals surface area contributed by atoms with E-state index in [2.05, 4.69) is 24.6 Å². The van der Waals surface area contributed by atoms with Gasteiger partial charge in [-0.3, -0.25) is 9.59 Å². The molecule has 36 heavy (non-hydrogen) atoms. The number of allylic oxidation sites excluding steroid dienone is 1. The molecule has 2 atom stereocenters. The van der Waals surface area contributed by atoms with Gasteiger partial charge in [0.2, 0.25) is 0 Å². The highest BCUT2D eigenvalue weighted by atomic mass is 32.1. The molecule has 0 saturated carbocycles. The molecule has 2 aromatic heterocycles. The molecule has 1 saturated heterocycles. The lowest BCUT2D eigenvalue weighted by Gasteiger charge is -2.40. The first-order chi connectivity index (χ1) is 17.3. The number of rotatable bonds is 8. The predicted octanol–water partition coefficient (Wildman–Crippen LogP) is 5.13. The van der Waals surface area contributed by atoms with Crippen molar-refractivity contribution in [2.24, 2.45) is 11.7 Å². The number of primary amides is 1. The van der Waals surface area contributed by atoms with E-state index in [4.69, 9.17) is 5.73 Å². The van der Waals surface area contributed by atoms with E-state index in [1.165, 1.54) is 23.8 Å². The van der Waals surface area contributed by atoms with Gasteiger partial charge >= 0.3 is 0 Å². The minimum absolute atomic E-state index is 0.0130. The first-order valence-corrected chi connectivity index (χ1v) is 12.6. The van der Waals surface area contributed by atoms with Crippen LogP contribution in [0.25, 0.3) is 6.08 Å². The van der Waals surface area contributed by atoms with Gasteiger partial charge in [0.15, 0.2) is 17.3 Å². The van der Waals surface area contributed by atoms with Gasteiger partial charge in [-0.25, -0.2) is 14.4 Å². The van der Waals surface area contributed by atoms with Gasteiger partial charge in [-0.1, -0.05) is 18.2 Å². The molecule has 1 aromatic carbocycles. The van der Waals surface area contributed by atoms with Crippen molar-refractivity contribution in [3.63, 3.8) is 0 Å². The molecule has 1 fully saturated rings. The number of ketones is 1. The van der Waals surface area contributed by atoms with E-state index in [0.29, 0.717) is 5.82 Å². The minimum Gasteiger partial charge on any atom is -0.364 e. The van der Waals surface area contributed by atoms with Crippen molar-refractivity contribution in [2.75, 3.05) is 16.8 Å². The summed E-state index contributed by atoms with van der Waals surface area (Å²) >= 11 is 1.25. The molecule has 4 rings (SSSR count). The van der Waals surface area contributed by atoms with Crippen LogP contribution in [0.2, 0.25) is 0 Å². The first-order valence-electron chi connectivity index (χ1n) is 11.9. The predicted molar refractivity (Wildman–Crippen MR) is 140 cm³/mol. The Morgan fingerprint density at radius 1 is 1.33 bits per heavy atom. The molecule has 0 spiro atoms. The smallest absolute Gasteiger partial charge is 0.271 e. The minimum atomic E-state index is -0.685. The van der Waals surface area contributed by atoms with Crippen LogP contribution in [-0.4, -0.2) is 38.6 Å². The SMILES string of the molecule is C/C=C/c1ccc(C(=O)C[C@@H]2CCCN(c3cnc(C(N)=O)c(Nc4cc(C)ns4)n3)[C@@H]2C)c(F)c1. The lowest BCUT2D eigenvalue weighted by Crippen LogP contribution is -2.44. The third kappa shape index (κ3) is 5.59. The fourth-order valence-electron chi connectivity index (χ4n) is 4.55. The highest BCUT2D eigenvalue weighted by Gasteiger charge is 2.32. The number of nitrogens with two attached hydrogens (primary N) is 1. The molecule has 3 heterocycles. The van der Waals surface area contributed by atoms with Gasteiger partial charge in [0.1, 0.15) is 16.6 Å². The Morgan fingerprint density at radius 2 is 2.14 bits per heavy atom. The second-order valence-electron chi connectivity index (χ2n) is 8.95. The van der Waals surface area contributed by atoms with E-state index in [0.717, 1.165) is 35.6 Å². The molecule has 0 bridgehead atoms. The second kappa shape index (κ2) is 10.9. The van der Waals surface area contributed by atoms with Gasteiger partial charge in [-0.2, -0.15) is 4.37 Å². The van der Waals surface area contributed by atoms with Crippen molar-refractivity contribution in [3.8, 4) is 0 Å². The lowest BCUT2D eigenvalue weighted by atomic mass is 9.84. The average Bonchev–Trinajstić information content (AvgIpc) is 3.25. The Labute approximate surface area is 213 Å². The summed E-state index contributed by atoms with van der Waals surface area (Å²) in [5.74, 6) is -0.545. The zero-order chi connectivity index (χ0) is 25.8. The number of aromatic nitrogens is 3. The topological polar surface area (TPSA) is 114 Å². The summed E-state index contributed by atoms with van der Waals surface area (Å²) < 4.78 is 18.8. The van der Waals surface area contributed by atoms with Crippen LogP contribution >= 0.6 is 11.5 Å². The van der Waals surface area contributed by atoms with Crippen LogP contribution in [0.15, 0.2) is 36.5 Å². The number of anilines is 3. The summed E-state index contributed by atoms with van der Waals surface area (Å²) in [4.78, 5) is 36.0. The van der Waals surface area contributed by atoms with Crippen LogP contribution in [0.5, 0.6) is 0 Å². The summed E-state index contributed by atoms with van der Waals surface area (Å²) in [6.07, 6.45) is 7.08. The van der Waals surface area contributed by atoms with E-state index in [1.807, 2.05) is 32.9 Å². The van der Waals surface area contributed by atoms with Gasteiger partial charge in [-0.05, 0) is 74.8 Å². The number of carbonyl (C=O) groups excluding carboxylic acids is 2. The average molecular weight is 509 g/mol. The number of nitrogens with one attached hydrogen (secondary N) is 1. The zero-order valence-electron chi connectivity index (χ0n) is 20.5. The van der Waals surface area contributed by atoms with E-state index >= 15 is 0 Å². The molecule has 0 unspecified atom stereocenters. The number of nitrogens with zero attached hydrogens (tertiary/aromatic N) is 4. The number of hydrogen-bond donors (Lipinski definition) is 2. The van der Waals surface area contributed by atoms with Crippen LogP contribution in [0.4, 0.5) is 21.0 Å². The molecule has 1 amide bonds. The van der Waals surface area contributed by atoms with Crippen LogP contribution < -0.4 is 16.0 Å². The number of aryl methyl sites for hydroxylation is 1. The Kier molecular flexibility index (Phi) is 7.73. The van der Waals surface area contributed by atoms with Gasteiger partial charge < -0.3 is 16.0 Å².